The summed E-state index contributed by atoms with van der Waals surface area (Å²) < 4.78 is 31.3. The van der Waals surface area contributed by atoms with Gasteiger partial charge in [0.25, 0.3) is 0 Å². The van der Waals surface area contributed by atoms with E-state index in [9.17, 15) is 13.2 Å². The fraction of sp³-hybridized carbons (Fsp3) is 0.333. The molecule has 7 nitrogen and oxygen atoms in total. The van der Waals surface area contributed by atoms with E-state index in [1.807, 2.05) is 13.8 Å². The summed E-state index contributed by atoms with van der Waals surface area (Å²) in [5.41, 5.74) is 0. The first-order valence-electron chi connectivity index (χ1n) is 7.18. The zero-order chi connectivity index (χ0) is 17.0. The summed E-state index contributed by atoms with van der Waals surface area (Å²) in [6.45, 7) is 4.73. The van der Waals surface area contributed by atoms with Crippen LogP contribution in [0, 0.1) is 0 Å². The number of benzene rings is 1. The first-order valence-corrected chi connectivity index (χ1v) is 8.66. The molecule has 1 aromatic carbocycles. The number of nitrogens with zero attached hydrogens (tertiary/aromatic N) is 3. The molecular formula is C15H19N3O4S. The van der Waals surface area contributed by atoms with Gasteiger partial charge in [-0.2, -0.15) is 9.78 Å². The van der Waals surface area contributed by atoms with Crippen LogP contribution < -0.4 is 4.74 Å². The minimum Gasteiger partial charge on any atom is -0.497 e. The third-order valence-electron chi connectivity index (χ3n) is 3.42. The maximum atomic E-state index is 12.6. The molecule has 0 aliphatic heterocycles. The topological polar surface area (TPSA) is 81.5 Å². The molecule has 23 heavy (non-hydrogen) atoms. The number of hydrogen-bond acceptors (Lipinski definition) is 5. The van der Waals surface area contributed by atoms with Gasteiger partial charge in [-0.1, -0.05) is 6.07 Å². The molecule has 0 spiro atoms. The molecule has 1 aromatic heterocycles. The van der Waals surface area contributed by atoms with E-state index < -0.39 is 9.84 Å². The van der Waals surface area contributed by atoms with Gasteiger partial charge in [0.05, 0.1) is 12.0 Å². The molecule has 0 saturated heterocycles. The standard InChI is InChI=1S/C15H19N3O4S/c1-4-17(5-2)15(19)18-10-9-14(16-18)23(20,21)13-8-6-7-12(11-13)22-3/h6-11H,4-5H2,1-3H3. The summed E-state index contributed by atoms with van der Waals surface area (Å²) in [5, 5.41) is 3.75. The van der Waals surface area contributed by atoms with Crippen molar-refractivity contribution in [2.45, 2.75) is 23.8 Å². The van der Waals surface area contributed by atoms with E-state index in [-0.39, 0.29) is 16.0 Å². The maximum absolute atomic E-state index is 12.6. The van der Waals surface area contributed by atoms with Crippen molar-refractivity contribution in [1.82, 2.24) is 14.7 Å². The van der Waals surface area contributed by atoms with E-state index in [0.717, 1.165) is 4.68 Å². The van der Waals surface area contributed by atoms with Gasteiger partial charge in [-0.05, 0) is 38.1 Å². The summed E-state index contributed by atoms with van der Waals surface area (Å²) in [7, 11) is -2.34. The van der Waals surface area contributed by atoms with Gasteiger partial charge in [0, 0.05) is 19.3 Å². The Hall–Kier alpha value is -2.35. The van der Waals surface area contributed by atoms with Gasteiger partial charge in [-0.25, -0.2) is 13.2 Å². The summed E-state index contributed by atoms with van der Waals surface area (Å²) in [5.74, 6) is 0.435. The molecular weight excluding hydrogens is 318 g/mol. The van der Waals surface area contributed by atoms with Gasteiger partial charge in [-0.3, -0.25) is 0 Å². The molecule has 1 amide bonds. The molecule has 0 bridgehead atoms. The Morgan fingerprint density at radius 3 is 2.57 bits per heavy atom. The molecule has 0 atom stereocenters. The van der Waals surface area contributed by atoms with E-state index in [4.69, 9.17) is 4.74 Å². The molecule has 124 valence electrons. The van der Waals surface area contributed by atoms with Crippen molar-refractivity contribution in [3.05, 3.63) is 36.5 Å². The number of methoxy groups -OCH3 is 1. The first-order chi connectivity index (χ1) is 10.9. The van der Waals surface area contributed by atoms with Crippen LogP contribution in [-0.2, 0) is 9.84 Å². The van der Waals surface area contributed by atoms with Crippen LogP contribution in [0.5, 0.6) is 5.75 Å². The molecule has 8 heteroatoms. The van der Waals surface area contributed by atoms with Crippen molar-refractivity contribution in [3.63, 3.8) is 0 Å². The number of carbonyl (C=O) groups is 1. The smallest absolute Gasteiger partial charge is 0.344 e. The molecule has 0 unspecified atom stereocenters. The molecule has 0 saturated carbocycles. The quantitative estimate of drug-likeness (QED) is 0.834. The minimum atomic E-state index is -3.81. The molecule has 2 aromatic rings. The molecule has 0 radical (unpaired) electrons. The Balaban J connectivity index is 2.37. The fourth-order valence-electron chi connectivity index (χ4n) is 2.09. The van der Waals surface area contributed by atoms with E-state index in [1.54, 1.807) is 17.0 Å². The number of carbonyl (C=O) groups excluding carboxylic acids is 1. The van der Waals surface area contributed by atoms with Gasteiger partial charge < -0.3 is 9.64 Å². The van der Waals surface area contributed by atoms with E-state index in [1.165, 1.54) is 31.5 Å². The highest BCUT2D eigenvalue weighted by molar-refractivity contribution is 7.91. The predicted molar refractivity (Wildman–Crippen MR) is 84.4 cm³/mol. The highest BCUT2D eigenvalue weighted by atomic mass is 32.2. The van der Waals surface area contributed by atoms with Gasteiger partial charge >= 0.3 is 6.03 Å². The van der Waals surface area contributed by atoms with Crippen LogP contribution in [0.15, 0.2) is 46.5 Å². The third-order valence-corrected chi connectivity index (χ3v) is 5.06. The van der Waals surface area contributed by atoms with Crippen LogP contribution in [0.25, 0.3) is 0 Å². The lowest BCUT2D eigenvalue weighted by Gasteiger charge is -2.17. The Morgan fingerprint density at radius 2 is 1.96 bits per heavy atom. The zero-order valence-electron chi connectivity index (χ0n) is 13.3. The number of amides is 1. The van der Waals surface area contributed by atoms with E-state index >= 15 is 0 Å². The van der Waals surface area contributed by atoms with Crippen molar-refractivity contribution in [2.24, 2.45) is 0 Å². The fourth-order valence-corrected chi connectivity index (χ4v) is 3.29. The highest BCUT2D eigenvalue weighted by Gasteiger charge is 2.23. The number of ether oxygens (including phenoxy) is 1. The Labute approximate surface area is 135 Å². The average molecular weight is 337 g/mol. The van der Waals surface area contributed by atoms with E-state index in [2.05, 4.69) is 5.10 Å². The molecule has 0 aliphatic carbocycles. The van der Waals surface area contributed by atoms with Crippen LogP contribution in [0.2, 0.25) is 0 Å². The van der Waals surface area contributed by atoms with E-state index in [0.29, 0.717) is 18.8 Å². The highest BCUT2D eigenvalue weighted by Crippen LogP contribution is 2.23. The Kier molecular flexibility index (Phi) is 5.05. The Morgan fingerprint density at radius 1 is 1.26 bits per heavy atom. The van der Waals surface area contributed by atoms with Crippen LogP contribution in [-0.4, -0.2) is 49.3 Å². The van der Waals surface area contributed by atoms with Crippen LogP contribution in [0.1, 0.15) is 13.8 Å². The summed E-state index contributed by atoms with van der Waals surface area (Å²) in [6, 6.07) is 7.08. The number of sulfone groups is 1. The van der Waals surface area contributed by atoms with Gasteiger partial charge in [0.1, 0.15) is 5.75 Å². The van der Waals surface area contributed by atoms with Crippen molar-refractivity contribution < 1.29 is 17.9 Å². The van der Waals surface area contributed by atoms with Gasteiger partial charge in [0.2, 0.25) is 9.84 Å². The summed E-state index contributed by atoms with van der Waals surface area (Å²) in [6.07, 6.45) is 1.35. The zero-order valence-corrected chi connectivity index (χ0v) is 14.1. The summed E-state index contributed by atoms with van der Waals surface area (Å²) in [4.78, 5) is 13.8. The van der Waals surface area contributed by atoms with Crippen LogP contribution >= 0.6 is 0 Å². The predicted octanol–water partition coefficient (Wildman–Crippen LogP) is 2.03. The average Bonchev–Trinajstić information content (AvgIpc) is 3.06. The lowest BCUT2D eigenvalue weighted by molar-refractivity contribution is 0.201. The third kappa shape index (κ3) is 3.37. The first kappa shape index (κ1) is 17.0. The summed E-state index contributed by atoms with van der Waals surface area (Å²) >= 11 is 0. The molecule has 1 heterocycles. The minimum absolute atomic E-state index is 0.0670. The van der Waals surface area contributed by atoms with Crippen molar-refractivity contribution in [3.8, 4) is 5.75 Å². The molecule has 0 aliphatic rings. The van der Waals surface area contributed by atoms with Gasteiger partial charge in [0.15, 0.2) is 5.03 Å². The van der Waals surface area contributed by atoms with Crippen molar-refractivity contribution in [2.75, 3.05) is 20.2 Å². The molecule has 0 N–H and O–H groups in total. The largest absolute Gasteiger partial charge is 0.497 e. The van der Waals surface area contributed by atoms with Crippen LogP contribution in [0.3, 0.4) is 0 Å². The SMILES string of the molecule is CCN(CC)C(=O)n1ccc(S(=O)(=O)c2cccc(OC)c2)n1. The normalized spacial score (nSPS) is 11.3. The van der Waals surface area contributed by atoms with Crippen molar-refractivity contribution >= 4 is 15.9 Å². The second-order valence-corrected chi connectivity index (χ2v) is 6.63. The van der Waals surface area contributed by atoms with Crippen LogP contribution in [0.4, 0.5) is 4.79 Å². The van der Waals surface area contributed by atoms with Gasteiger partial charge in [-0.15, -0.1) is 0 Å². The number of hydrogen-bond donors (Lipinski definition) is 0. The monoisotopic (exact) mass is 337 g/mol. The Bertz CT molecular complexity index is 795. The van der Waals surface area contributed by atoms with Crippen molar-refractivity contribution in [1.29, 1.82) is 0 Å². The number of aromatic nitrogens is 2. The maximum Gasteiger partial charge on any atom is 0.344 e. The lowest BCUT2D eigenvalue weighted by Crippen LogP contribution is -2.34. The second-order valence-electron chi connectivity index (χ2n) is 4.74. The lowest BCUT2D eigenvalue weighted by atomic mass is 10.3. The number of rotatable bonds is 5. The molecule has 0 fully saturated rings. The second kappa shape index (κ2) is 6.82. The molecule has 2 rings (SSSR count).